The van der Waals surface area contributed by atoms with Gasteiger partial charge in [0.15, 0.2) is 5.96 Å². The highest BCUT2D eigenvalue weighted by molar-refractivity contribution is 7.90. The summed E-state index contributed by atoms with van der Waals surface area (Å²) >= 11 is 0. The minimum Gasteiger partial charge on any atom is -0.493 e. The van der Waals surface area contributed by atoms with Gasteiger partial charge in [-0.1, -0.05) is 39.8 Å². The van der Waals surface area contributed by atoms with Gasteiger partial charge in [-0.2, -0.15) is 0 Å². The Morgan fingerprint density at radius 3 is 2.31 bits per heavy atom. The van der Waals surface area contributed by atoms with Crippen LogP contribution in [-0.4, -0.2) is 46.1 Å². The molecule has 0 heterocycles. The van der Waals surface area contributed by atoms with E-state index in [1.807, 2.05) is 32.9 Å². The molecular formula is C22H39N3O3S. The first-order valence-electron chi connectivity index (χ1n) is 10.4. The first-order chi connectivity index (χ1) is 13.4. The molecule has 0 fully saturated rings. The smallest absolute Gasteiger partial charge is 0.191 e. The van der Waals surface area contributed by atoms with Crippen molar-refractivity contribution in [2.45, 2.75) is 54.0 Å². The molecule has 0 aromatic heterocycles. The highest BCUT2D eigenvalue weighted by atomic mass is 32.2. The van der Waals surface area contributed by atoms with Crippen LogP contribution < -0.4 is 15.4 Å². The maximum Gasteiger partial charge on any atom is 0.191 e. The molecular weight excluding hydrogens is 386 g/mol. The van der Waals surface area contributed by atoms with Gasteiger partial charge < -0.3 is 15.4 Å². The Labute approximate surface area is 177 Å². The zero-order valence-corrected chi connectivity index (χ0v) is 19.9. The molecule has 1 rings (SSSR count). The van der Waals surface area contributed by atoms with E-state index in [-0.39, 0.29) is 17.2 Å². The van der Waals surface area contributed by atoms with Crippen LogP contribution in [0.25, 0.3) is 0 Å². The van der Waals surface area contributed by atoms with Crippen molar-refractivity contribution in [1.29, 1.82) is 0 Å². The van der Waals surface area contributed by atoms with E-state index >= 15 is 0 Å². The van der Waals surface area contributed by atoms with Gasteiger partial charge in [0.1, 0.15) is 15.6 Å². The van der Waals surface area contributed by atoms with Crippen molar-refractivity contribution in [3.63, 3.8) is 0 Å². The molecule has 0 amide bonds. The largest absolute Gasteiger partial charge is 0.493 e. The van der Waals surface area contributed by atoms with Gasteiger partial charge in [-0.05, 0) is 49.3 Å². The van der Waals surface area contributed by atoms with Gasteiger partial charge in [0.25, 0.3) is 0 Å². The van der Waals surface area contributed by atoms with Crippen LogP contribution in [0, 0.1) is 11.3 Å². The van der Waals surface area contributed by atoms with Crippen LogP contribution in [0.3, 0.4) is 0 Å². The van der Waals surface area contributed by atoms with Crippen molar-refractivity contribution in [3.8, 4) is 5.75 Å². The molecule has 1 unspecified atom stereocenters. The molecule has 0 saturated carbocycles. The third-order valence-corrected chi connectivity index (χ3v) is 5.42. The van der Waals surface area contributed by atoms with E-state index in [2.05, 4.69) is 43.5 Å². The van der Waals surface area contributed by atoms with Crippen molar-refractivity contribution < 1.29 is 13.2 Å². The van der Waals surface area contributed by atoms with Gasteiger partial charge in [0.2, 0.25) is 0 Å². The highest BCUT2D eigenvalue weighted by Gasteiger charge is 2.20. The molecule has 0 saturated heterocycles. The summed E-state index contributed by atoms with van der Waals surface area (Å²) in [6.45, 7) is 14.5. The quantitative estimate of drug-likeness (QED) is 0.416. The third kappa shape index (κ3) is 11.1. The SMILES string of the molecule is CCNC(=NCC(C)(C)CCS(C)(=O)=O)NC(C)c1ccc(OCC(C)C)cc1. The van der Waals surface area contributed by atoms with E-state index < -0.39 is 9.84 Å². The van der Waals surface area contributed by atoms with Gasteiger partial charge in [-0.25, -0.2) is 8.42 Å². The van der Waals surface area contributed by atoms with Gasteiger partial charge >= 0.3 is 0 Å². The predicted molar refractivity (Wildman–Crippen MR) is 122 cm³/mol. The summed E-state index contributed by atoms with van der Waals surface area (Å²) in [7, 11) is -2.96. The Bertz CT molecular complexity index is 741. The minimum absolute atomic E-state index is 0.0751. The lowest BCUT2D eigenvalue weighted by atomic mass is 9.90. The molecule has 166 valence electrons. The lowest BCUT2D eigenvalue weighted by Gasteiger charge is -2.24. The number of benzene rings is 1. The molecule has 2 N–H and O–H groups in total. The molecule has 0 aliphatic heterocycles. The van der Waals surface area contributed by atoms with Gasteiger partial charge in [0, 0.05) is 19.3 Å². The summed E-state index contributed by atoms with van der Waals surface area (Å²) < 4.78 is 28.6. The fourth-order valence-corrected chi connectivity index (χ4v) is 3.48. The fourth-order valence-electron chi connectivity index (χ4n) is 2.56. The second kappa shape index (κ2) is 11.4. The van der Waals surface area contributed by atoms with E-state index in [1.54, 1.807) is 0 Å². The molecule has 0 radical (unpaired) electrons. The molecule has 0 spiro atoms. The van der Waals surface area contributed by atoms with Gasteiger partial charge in [-0.15, -0.1) is 0 Å². The monoisotopic (exact) mass is 425 g/mol. The summed E-state index contributed by atoms with van der Waals surface area (Å²) in [5, 5.41) is 6.70. The van der Waals surface area contributed by atoms with Crippen LogP contribution >= 0.6 is 0 Å². The number of aliphatic imine (C=N–C) groups is 1. The Morgan fingerprint density at radius 1 is 1.17 bits per heavy atom. The van der Waals surface area contributed by atoms with Crippen molar-refractivity contribution in [2.75, 3.05) is 31.7 Å². The number of nitrogens with zero attached hydrogens (tertiary/aromatic N) is 1. The Balaban J connectivity index is 2.72. The second-order valence-corrected chi connectivity index (χ2v) is 11.1. The van der Waals surface area contributed by atoms with Crippen LogP contribution in [0.5, 0.6) is 5.75 Å². The van der Waals surface area contributed by atoms with E-state index in [0.717, 1.165) is 23.8 Å². The predicted octanol–water partition coefficient (Wildman–Crippen LogP) is 3.80. The standard InChI is InChI=1S/C22H39N3O3S/c1-8-23-21(24-16-22(5,6)13-14-29(7,26)27)25-18(4)19-9-11-20(12-10-19)28-15-17(2)3/h9-12,17-18H,8,13-16H2,1-7H3,(H2,23,24,25). The van der Waals surface area contributed by atoms with Crippen LogP contribution in [0.1, 0.15) is 59.6 Å². The lowest BCUT2D eigenvalue weighted by Crippen LogP contribution is -2.39. The molecule has 7 heteroatoms. The van der Waals surface area contributed by atoms with Crippen LogP contribution in [0.15, 0.2) is 29.3 Å². The van der Waals surface area contributed by atoms with Crippen molar-refractivity contribution >= 4 is 15.8 Å². The van der Waals surface area contributed by atoms with E-state index in [9.17, 15) is 8.42 Å². The highest BCUT2D eigenvalue weighted by Crippen LogP contribution is 2.22. The normalized spacial score (nSPS) is 14.0. The van der Waals surface area contributed by atoms with E-state index in [4.69, 9.17) is 9.73 Å². The third-order valence-electron chi connectivity index (χ3n) is 4.48. The minimum atomic E-state index is -2.96. The van der Waals surface area contributed by atoms with Crippen LogP contribution in [0.2, 0.25) is 0 Å². The molecule has 0 bridgehead atoms. The molecule has 6 nitrogen and oxygen atoms in total. The average molecular weight is 426 g/mol. The molecule has 29 heavy (non-hydrogen) atoms. The van der Waals surface area contributed by atoms with Crippen LogP contribution in [0.4, 0.5) is 0 Å². The van der Waals surface area contributed by atoms with Gasteiger partial charge in [0.05, 0.1) is 18.4 Å². The summed E-state index contributed by atoms with van der Waals surface area (Å²) in [6, 6.07) is 8.19. The number of rotatable bonds is 11. The molecule has 1 aromatic carbocycles. The number of nitrogens with one attached hydrogen (secondary N) is 2. The Morgan fingerprint density at radius 2 is 1.79 bits per heavy atom. The maximum absolute atomic E-state index is 11.4. The molecule has 0 aliphatic rings. The maximum atomic E-state index is 11.4. The number of ether oxygens (including phenoxy) is 1. The number of hydrogen-bond acceptors (Lipinski definition) is 4. The Hall–Kier alpha value is -1.76. The zero-order chi connectivity index (χ0) is 22.1. The topological polar surface area (TPSA) is 79.8 Å². The number of hydrogen-bond donors (Lipinski definition) is 2. The lowest BCUT2D eigenvalue weighted by molar-refractivity contribution is 0.271. The van der Waals surface area contributed by atoms with Crippen molar-refractivity contribution in [2.24, 2.45) is 16.3 Å². The first-order valence-corrected chi connectivity index (χ1v) is 12.4. The fraction of sp³-hybridized carbons (Fsp3) is 0.682. The summed E-state index contributed by atoms with van der Waals surface area (Å²) in [5.41, 5.74) is 0.952. The van der Waals surface area contributed by atoms with Crippen LogP contribution in [-0.2, 0) is 9.84 Å². The summed E-state index contributed by atoms with van der Waals surface area (Å²) in [6.07, 6.45) is 1.86. The summed E-state index contributed by atoms with van der Waals surface area (Å²) in [4.78, 5) is 4.69. The van der Waals surface area contributed by atoms with Crippen molar-refractivity contribution in [1.82, 2.24) is 10.6 Å². The molecule has 1 atom stereocenters. The number of guanidine groups is 1. The van der Waals surface area contributed by atoms with E-state index in [0.29, 0.717) is 25.5 Å². The first kappa shape index (κ1) is 25.3. The van der Waals surface area contributed by atoms with Gasteiger partial charge in [-0.3, -0.25) is 4.99 Å². The van der Waals surface area contributed by atoms with Crippen molar-refractivity contribution in [3.05, 3.63) is 29.8 Å². The average Bonchev–Trinajstić information content (AvgIpc) is 2.63. The molecule has 0 aliphatic carbocycles. The second-order valence-electron chi connectivity index (χ2n) is 8.88. The molecule has 1 aromatic rings. The Kier molecular flexibility index (Phi) is 9.96. The summed E-state index contributed by atoms with van der Waals surface area (Å²) in [5.74, 6) is 2.28. The zero-order valence-electron chi connectivity index (χ0n) is 19.1. The number of sulfone groups is 1. The van der Waals surface area contributed by atoms with E-state index in [1.165, 1.54) is 6.26 Å².